The van der Waals surface area contributed by atoms with Crippen LogP contribution in [0, 0.1) is 0 Å². The molecule has 0 radical (unpaired) electrons. The Labute approximate surface area is 135 Å². The van der Waals surface area contributed by atoms with Crippen LogP contribution in [0.4, 0.5) is 0 Å². The fourth-order valence-electron chi connectivity index (χ4n) is 2.60. The second-order valence-corrected chi connectivity index (χ2v) is 7.87. The van der Waals surface area contributed by atoms with E-state index in [4.69, 9.17) is 4.74 Å². The van der Waals surface area contributed by atoms with Gasteiger partial charge in [0.05, 0.1) is 6.10 Å². The SMILES string of the molecule is CN(CCC1CCCCO1)S(=O)(=O)c1cn(C)c(=O)n(C)c1=O. The molecule has 130 valence electrons. The monoisotopic (exact) mass is 345 g/mol. The number of aromatic nitrogens is 2. The van der Waals surface area contributed by atoms with Crippen molar-refractivity contribution in [1.82, 2.24) is 13.4 Å². The Bertz CT molecular complexity index is 775. The number of nitrogens with zero attached hydrogens (tertiary/aromatic N) is 3. The Kier molecular flexibility index (Phi) is 5.43. The van der Waals surface area contributed by atoms with E-state index >= 15 is 0 Å². The molecule has 0 N–H and O–H groups in total. The van der Waals surface area contributed by atoms with Crippen LogP contribution in [-0.4, -0.2) is 48.2 Å². The van der Waals surface area contributed by atoms with E-state index in [0.717, 1.165) is 38.9 Å². The van der Waals surface area contributed by atoms with Gasteiger partial charge >= 0.3 is 5.69 Å². The highest BCUT2D eigenvalue weighted by Gasteiger charge is 2.27. The van der Waals surface area contributed by atoms with Crippen molar-refractivity contribution in [3.8, 4) is 0 Å². The van der Waals surface area contributed by atoms with Gasteiger partial charge in [0.15, 0.2) is 4.90 Å². The highest BCUT2D eigenvalue weighted by Crippen LogP contribution is 2.17. The number of hydrogen-bond acceptors (Lipinski definition) is 5. The minimum atomic E-state index is -3.95. The summed E-state index contributed by atoms with van der Waals surface area (Å²) >= 11 is 0. The molecule has 0 aromatic carbocycles. The molecule has 0 saturated carbocycles. The minimum Gasteiger partial charge on any atom is -0.378 e. The zero-order valence-electron chi connectivity index (χ0n) is 13.7. The van der Waals surface area contributed by atoms with Gasteiger partial charge in [-0.25, -0.2) is 17.5 Å². The van der Waals surface area contributed by atoms with Crippen LogP contribution in [-0.2, 0) is 28.9 Å². The first-order chi connectivity index (χ1) is 10.7. The third-order valence-electron chi connectivity index (χ3n) is 4.14. The summed E-state index contributed by atoms with van der Waals surface area (Å²) in [6.07, 6.45) is 4.77. The van der Waals surface area contributed by atoms with Gasteiger partial charge in [-0.3, -0.25) is 9.36 Å². The normalized spacial score (nSPS) is 19.2. The topological polar surface area (TPSA) is 90.6 Å². The summed E-state index contributed by atoms with van der Waals surface area (Å²) in [5, 5.41) is 0. The average Bonchev–Trinajstić information content (AvgIpc) is 2.54. The zero-order valence-corrected chi connectivity index (χ0v) is 14.5. The lowest BCUT2D eigenvalue weighted by molar-refractivity contribution is 0.00950. The lowest BCUT2D eigenvalue weighted by Crippen LogP contribution is -2.42. The molecule has 23 heavy (non-hydrogen) atoms. The predicted molar refractivity (Wildman–Crippen MR) is 84.9 cm³/mol. The van der Waals surface area contributed by atoms with Gasteiger partial charge in [0.25, 0.3) is 5.56 Å². The molecule has 2 rings (SSSR count). The Morgan fingerprint density at radius 3 is 2.61 bits per heavy atom. The predicted octanol–water partition coefficient (Wildman–Crippen LogP) is -0.336. The van der Waals surface area contributed by atoms with Crippen molar-refractivity contribution >= 4 is 10.0 Å². The lowest BCUT2D eigenvalue weighted by atomic mass is 10.1. The molecular weight excluding hydrogens is 322 g/mol. The van der Waals surface area contributed by atoms with Crippen molar-refractivity contribution in [1.29, 1.82) is 0 Å². The molecule has 1 saturated heterocycles. The summed E-state index contributed by atoms with van der Waals surface area (Å²) < 4.78 is 33.8. The van der Waals surface area contributed by atoms with Crippen molar-refractivity contribution in [3.05, 3.63) is 27.0 Å². The molecule has 1 unspecified atom stereocenters. The Morgan fingerprint density at radius 2 is 2.00 bits per heavy atom. The Morgan fingerprint density at radius 1 is 1.30 bits per heavy atom. The molecule has 0 spiro atoms. The van der Waals surface area contributed by atoms with E-state index in [1.807, 2.05) is 0 Å². The average molecular weight is 345 g/mol. The molecule has 1 aliphatic rings. The van der Waals surface area contributed by atoms with E-state index in [-0.39, 0.29) is 12.6 Å². The van der Waals surface area contributed by atoms with E-state index in [2.05, 4.69) is 0 Å². The van der Waals surface area contributed by atoms with Gasteiger partial charge in [0, 0.05) is 40.5 Å². The summed E-state index contributed by atoms with van der Waals surface area (Å²) in [6, 6.07) is 0. The maximum absolute atomic E-state index is 12.6. The fourth-order valence-corrected chi connectivity index (χ4v) is 3.93. The fraction of sp³-hybridized carbons (Fsp3) is 0.714. The first kappa shape index (κ1) is 17.9. The van der Waals surface area contributed by atoms with Crippen LogP contribution in [0.1, 0.15) is 25.7 Å². The quantitative estimate of drug-likeness (QED) is 0.728. The van der Waals surface area contributed by atoms with Crippen molar-refractivity contribution in [2.45, 2.75) is 36.7 Å². The molecule has 0 aliphatic carbocycles. The van der Waals surface area contributed by atoms with E-state index in [1.165, 1.54) is 21.1 Å². The van der Waals surface area contributed by atoms with Crippen LogP contribution in [0.3, 0.4) is 0 Å². The van der Waals surface area contributed by atoms with Crippen LogP contribution >= 0.6 is 0 Å². The number of rotatable bonds is 5. The maximum Gasteiger partial charge on any atom is 0.330 e. The van der Waals surface area contributed by atoms with Crippen LogP contribution < -0.4 is 11.2 Å². The largest absolute Gasteiger partial charge is 0.378 e. The smallest absolute Gasteiger partial charge is 0.330 e. The van der Waals surface area contributed by atoms with E-state index in [1.54, 1.807) is 0 Å². The van der Waals surface area contributed by atoms with Gasteiger partial charge in [-0.1, -0.05) is 0 Å². The third-order valence-corrected chi connectivity index (χ3v) is 5.98. The van der Waals surface area contributed by atoms with Gasteiger partial charge in [0.1, 0.15) is 0 Å². The van der Waals surface area contributed by atoms with E-state index < -0.39 is 26.2 Å². The molecule has 9 heteroatoms. The number of hydrogen-bond donors (Lipinski definition) is 0. The third kappa shape index (κ3) is 3.73. The second-order valence-electron chi connectivity index (χ2n) is 5.85. The van der Waals surface area contributed by atoms with Crippen molar-refractivity contribution in [2.75, 3.05) is 20.2 Å². The highest BCUT2D eigenvalue weighted by atomic mass is 32.2. The summed E-state index contributed by atoms with van der Waals surface area (Å²) in [5.41, 5.74) is -1.37. The van der Waals surface area contributed by atoms with Crippen molar-refractivity contribution < 1.29 is 13.2 Å². The summed E-state index contributed by atoms with van der Waals surface area (Å²) in [5.74, 6) is 0. The van der Waals surface area contributed by atoms with Gasteiger partial charge in [0.2, 0.25) is 10.0 Å². The van der Waals surface area contributed by atoms with E-state index in [0.29, 0.717) is 13.0 Å². The molecule has 0 amide bonds. The first-order valence-corrected chi connectivity index (χ1v) is 9.03. The zero-order chi connectivity index (χ0) is 17.2. The first-order valence-electron chi connectivity index (χ1n) is 7.59. The minimum absolute atomic E-state index is 0.0596. The van der Waals surface area contributed by atoms with Gasteiger partial charge in [-0.15, -0.1) is 0 Å². The summed E-state index contributed by atoms with van der Waals surface area (Å²) in [4.78, 5) is 23.4. The molecule has 1 atom stereocenters. The van der Waals surface area contributed by atoms with Crippen molar-refractivity contribution in [2.24, 2.45) is 14.1 Å². The Balaban J connectivity index is 2.20. The molecule has 1 fully saturated rings. The molecule has 8 nitrogen and oxygen atoms in total. The van der Waals surface area contributed by atoms with Gasteiger partial charge in [-0.2, -0.15) is 0 Å². The summed E-state index contributed by atoms with van der Waals surface area (Å²) in [7, 11) is 0.163. The van der Waals surface area contributed by atoms with Crippen molar-refractivity contribution in [3.63, 3.8) is 0 Å². The lowest BCUT2D eigenvalue weighted by Gasteiger charge is -2.25. The molecule has 0 bridgehead atoms. The highest BCUT2D eigenvalue weighted by molar-refractivity contribution is 7.89. The van der Waals surface area contributed by atoms with Crippen LogP contribution in [0.15, 0.2) is 20.7 Å². The van der Waals surface area contributed by atoms with Gasteiger partial charge in [-0.05, 0) is 25.7 Å². The maximum atomic E-state index is 12.6. The van der Waals surface area contributed by atoms with Gasteiger partial charge < -0.3 is 9.30 Å². The number of ether oxygens (including phenoxy) is 1. The standard InChI is InChI=1S/C14H23N3O5S/c1-15-10-12(13(18)17(3)14(15)19)23(20,21)16(2)8-7-11-6-4-5-9-22-11/h10-11H,4-9H2,1-3H3. The van der Waals surface area contributed by atoms with Crippen LogP contribution in [0.25, 0.3) is 0 Å². The Hall–Kier alpha value is -1.45. The van der Waals surface area contributed by atoms with Crippen LogP contribution in [0.5, 0.6) is 0 Å². The molecular formula is C14H23N3O5S. The van der Waals surface area contributed by atoms with Crippen LogP contribution in [0.2, 0.25) is 0 Å². The van der Waals surface area contributed by atoms with E-state index in [9.17, 15) is 18.0 Å². The number of aryl methyl sites for hydroxylation is 1. The molecule has 1 aliphatic heterocycles. The molecule has 1 aromatic heterocycles. The summed E-state index contributed by atoms with van der Waals surface area (Å²) in [6.45, 7) is 0.974. The second kappa shape index (κ2) is 6.98. The molecule has 2 heterocycles. The number of sulfonamides is 1. The molecule has 1 aromatic rings.